The average Bonchev–Trinajstić information content (AvgIpc) is 2.92. The molecule has 2 nitrogen and oxygen atoms in total. The van der Waals surface area contributed by atoms with Crippen molar-refractivity contribution in [3.63, 3.8) is 0 Å². The lowest BCUT2D eigenvalue weighted by Crippen LogP contribution is -2.19. The van der Waals surface area contributed by atoms with Crippen LogP contribution in [0.3, 0.4) is 0 Å². The average molecular weight is 236 g/mol. The molecule has 2 fully saturated rings. The summed E-state index contributed by atoms with van der Waals surface area (Å²) in [5.74, 6) is 2.89. The summed E-state index contributed by atoms with van der Waals surface area (Å²) in [4.78, 5) is 4.51. The maximum Gasteiger partial charge on any atom is 0.0898 e. The predicted octanol–water partition coefficient (Wildman–Crippen LogP) is 3.28. The van der Waals surface area contributed by atoms with Crippen LogP contribution in [0.25, 0.3) is 0 Å². The highest BCUT2D eigenvalue weighted by Crippen LogP contribution is 2.50. The fourth-order valence-corrected chi connectivity index (χ4v) is 4.34. The molecule has 0 spiro atoms. The van der Waals surface area contributed by atoms with Crippen molar-refractivity contribution >= 4 is 11.3 Å². The normalized spacial score (nSPS) is 34.5. The van der Waals surface area contributed by atoms with Gasteiger partial charge < -0.3 is 5.73 Å². The van der Waals surface area contributed by atoms with Crippen molar-refractivity contribution in [1.82, 2.24) is 4.98 Å². The zero-order chi connectivity index (χ0) is 11.1. The van der Waals surface area contributed by atoms with Crippen LogP contribution in [0.5, 0.6) is 0 Å². The van der Waals surface area contributed by atoms with E-state index in [2.05, 4.69) is 17.3 Å². The van der Waals surface area contributed by atoms with E-state index in [0.29, 0.717) is 0 Å². The topological polar surface area (TPSA) is 38.9 Å². The van der Waals surface area contributed by atoms with Crippen LogP contribution in [0.15, 0.2) is 5.38 Å². The maximum absolute atomic E-state index is 6.26. The monoisotopic (exact) mass is 236 g/mol. The van der Waals surface area contributed by atoms with E-state index in [-0.39, 0.29) is 6.04 Å². The number of thiazole rings is 1. The second-order valence-corrected chi connectivity index (χ2v) is 6.63. The minimum absolute atomic E-state index is 0.175. The van der Waals surface area contributed by atoms with Crippen LogP contribution in [0, 0.1) is 24.7 Å². The Morgan fingerprint density at radius 2 is 2.38 bits per heavy atom. The van der Waals surface area contributed by atoms with Crippen LogP contribution in [-0.2, 0) is 0 Å². The Balaban J connectivity index is 1.62. The molecular weight excluding hydrogens is 216 g/mol. The first-order chi connectivity index (χ1) is 7.72. The van der Waals surface area contributed by atoms with Crippen molar-refractivity contribution in [3.05, 3.63) is 16.1 Å². The van der Waals surface area contributed by atoms with Gasteiger partial charge in [-0.05, 0) is 50.4 Å². The standard InChI is InChI=1S/C13H20N2S/c1-8-15-13(7-16-8)12(14)6-11-5-9-2-3-10(11)4-9/h7,9-12H,2-6,14H2,1H3. The highest BCUT2D eigenvalue weighted by Gasteiger charge is 2.39. The lowest BCUT2D eigenvalue weighted by molar-refractivity contribution is 0.295. The summed E-state index contributed by atoms with van der Waals surface area (Å²) in [6.07, 6.45) is 7.00. The summed E-state index contributed by atoms with van der Waals surface area (Å²) in [5, 5.41) is 3.27. The molecule has 16 heavy (non-hydrogen) atoms. The van der Waals surface area contributed by atoms with Crippen LogP contribution < -0.4 is 5.73 Å². The molecule has 3 heteroatoms. The molecule has 4 unspecified atom stereocenters. The molecule has 88 valence electrons. The largest absolute Gasteiger partial charge is 0.323 e. The number of fused-ring (bicyclic) bond motifs is 2. The van der Waals surface area contributed by atoms with Gasteiger partial charge in [-0.15, -0.1) is 11.3 Å². The Bertz CT molecular complexity index is 374. The first-order valence-corrected chi connectivity index (χ1v) is 7.28. The summed E-state index contributed by atoms with van der Waals surface area (Å²) in [6.45, 7) is 2.05. The van der Waals surface area contributed by atoms with Crippen molar-refractivity contribution in [1.29, 1.82) is 0 Å². The van der Waals surface area contributed by atoms with Gasteiger partial charge in [0.25, 0.3) is 0 Å². The Kier molecular flexibility index (Phi) is 2.76. The third-order valence-electron chi connectivity index (χ3n) is 4.46. The number of nitrogens with two attached hydrogens (primary N) is 1. The third-order valence-corrected chi connectivity index (χ3v) is 5.25. The van der Waals surface area contributed by atoms with Crippen LogP contribution in [0.2, 0.25) is 0 Å². The van der Waals surface area contributed by atoms with E-state index in [9.17, 15) is 0 Å². The number of hydrogen-bond donors (Lipinski definition) is 1. The Hall–Kier alpha value is -0.410. The lowest BCUT2D eigenvalue weighted by atomic mass is 9.84. The van der Waals surface area contributed by atoms with Crippen molar-refractivity contribution in [2.24, 2.45) is 23.5 Å². The molecule has 2 saturated carbocycles. The number of nitrogens with zero attached hydrogens (tertiary/aromatic N) is 1. The minimum Gasteiger partial charge on any atom is -0.323 e. The second-order valence-electron chi connectivity index (χ2n) is 5.57. The predicted molar refractivity (Wildman–Crippen MR) is 67.3 cm³/mol. The molecule has 0 radical (unpaired) electrons. The minimum atomic E-state index is 0.175. The first-order valence-electron chi connectivity index (χ1n) is 6.40. The van der Waals surface area contributed by atoms with Crippen LogP contribution in [0.1, 0.15) is 48.8 Å². The molecular formula is C13H20N2S. The summed E-state index contributed by atoms with van der Waals surface area (Å²) < 4.78 is 0. The molecule has 1 aromatic rings. The third kappa shape index (κ3) is 1.91. The lowest BCUT2D eigenvalue weighted by Gasteiger charge is -2.23. The van der Waals surface area contributed by atoms with Gasteiger partial charge in [-0.2, -0.15) is 0 Å². The Morgan fingerprint density at radius 1 is 1.50 bits per heavy atom. The molecule has 2 bridgehead atoms. The van der Waals surface area contributed by atoms with Crippen molar-refractivity contribution in [2.75, 3.05) is 0 Å². The summed E-state index contributed by atoms with van der Waals surface area (Å²) in [5.41, 5.74) is 7.38. The number of hydrogen-bond acceptors (Lipinski definition) is 3. The maximum atomic E-state index is 6.26. The summed E-state index contributed by atoms with van der Waals surface area (Å²) in [6, 6.07) is 0.175. The van der Waals surface area contributed by atoms with Gasteiger partial charge in [0.1, 0.15) is 0 Å². The quantitative estimate of drug-likeness (QED) is 0.874. The second kappa shape index (κ2) is 4.11. The van der Waals surface area contributed by atoms with Crippen molar-refractivity contribution in [2.45, 2.75) is 45.1 Å². The number of aromatic nitrogens is 1. The first kappa shape index (κ1) is 10.7. The molecule has 2 aliphatic rings. The highest BCUT2D eigenvalue weighted by atomic mass is 32.1. The highest BCUT2D eigenvalue weighted by molar-refractivity contribution is 7.09. The van der Waals surface area contributed by atoms with Gasteiger partial charge >= 0.3 is 0 Å². The Morgan fingerprint density at radius 3 is 2.94 bits per heavy atom. The molecule has 2 N–H and O–H groups in total. The molecule has 1 aromatic heterocycles. The summed E-state index contributed by atoms with van der Waals surface area (Å²) >= 11 is 1.71. The molecule has 3 rings (SSSR count). The number of aryl methyl sites for hydroxylation is 1. The van der Waals surface area contributed by atoms with Gasteiger partial charge in [0.2, 0.25) is 0 Å². The fourth-order valence-electron chi connectivity index (χ4n) is 3.66. The molecule has 0 saturated heterocycles. The van der Waals surface area contributed by atoms with Crippen LogP contribution in [0.4, 0.5) is 0 Å². The molecule has 0 aromatic carbocycles. The van der Waals surface area contributed by atoms with Crippen LogP contribution >= 0.6 is 11.3 Å². The molecule has 0 aliphatic heterocycles. The molecule has 4 atom stereocenters. The van der Waals surface area contributed by atoms with Gasteiger partial charge in [-0.25, -0.2) is 4.98 Å². The van der Waals surface area contributed by atoms with E-state index in [1.54, 1.807) is 11.3 Å². The van der Waals surface area contributed by atoms with Gasteiger partial charge in [0.05, 0.1) is 10.7 Å². The van der Waals surface area contributed by atoms with E-state index in [1.165, 1.54) is 25.7 Å². The van der Waals surface area contributed by atoms with Crippen LogP contribution in [-0.4, -0.2) is 4.98 Å². The van der Waals surface area contributed by atoms with E-state index < -0.39 is 0 Å². The number of rotatable bonds is 3. The van der Waals surface area contributed by atoms with Gasteiger partial charge in [0.15, 0.2) is 0 Å². The fraction of sp³-hybridized carbons (Fsp3) is 0.769. The summed E-state index contributed by atoms with van der Waals surface area (Å²) in [7, 11) is 0. The van der Waals surface area contributed by atoms with Crippen molar-refractivity contribution < 1.29 is 0 Å². The van der Waals surface area contributed by atoms with E-state index in [4.69, 9.17) is 5.73 Å². The van der Waals surface area contributed by atoms with Gasteiger partial charge in [-0.3, -0.25) is 0 Å². The van der Waals surface area contributed by atoms with Gasteiger partial charge in [-0.1, -0.05) is 6.42 Å². The zero-order valence-corrected chi connectivity index (χ0v) is 10.7. The zero-order valence-electron chi connectivity index (χ0n) is 9.86. The van der Waals surface area contributed by atoms with Crippen molar-refractivity contribution in [3.8, 4) is 0 Å². The van der Waals surface area contributed by atoms with E-state index >= 15 is 0 Å². The smallest absolute Gasteiger partial charge is 0.0898 e. The van der Waals surface area contributed by atoms with E-state index in [0.717, 1.165) is 34.9 Å². The Labute approximate surface area is 101 Å². The molecule has 0 amide bonds. The molecule has 1 heterocycles. The van der Waals surface area contributed by atoms with E-state index in [1.807, 2.05) is 0 Å². The molecule has 2 aliphatic carbocycles. The van der Waals surface area contributed by atoms with Gasteiger partial charge in [0, 0.05) is 11.4 Å². The SMILES string of the molecule is Cc1nc(C(N)CC2CC3CCC2C3)cs1.